The van der Waals surface area contributed by atoms with Gasteiger partial charge in [0.15, 0.2) is 0 Å². The van der Waals surface area contributed by atoms with Crippen molar-refractivity contribution in [2.75, 3.05) is 59.3 Å². The molecule has 0 amide bonds. The molecule has 0 unspecified atom stereocenters. The van der Waals surface area contributed by atoms with E-state index in [4.69, 9.17) is 9.97 Å². The van der Waals surface area contributed by atoms with Gasteiger partial charge in [0.25, 0.3) is 0 Å². The zero-order valence-corrected chi connectivity index (χ0v) is 20.5. The van der Waals surface area contributed by atoms with Crippen molar-refractivity contribution >= 4 is 11.5 Å². The molecule has 0 spiro atoms. The molecule has 1 aliphatic carbocycles. The fraction of sp³-hybridized carbons (Fsp3) is 0.538. The number of hydrogen-bond donors (Lipinski definition) is 0. The molecule has 1 aliphatic heterocycles. The Hall–Kier alpha value is -2.48. The van der Waals surface area contributed by atoms with Gasteiger partial charge in [0.1, 0.15) is 11.5 Å². The van der Waals surface area contributed by atoms with Gasteiger partial charge in [-0.15, -0.1) is 0 Å². The lowest BCUT2D eigenvalue weighted by Crippen LogP contribution is -2.45. The number of piperazine rings is 1. The minimum absolute atomic E-state index is 0.351. The summed E-state index contributed by atoms with van der Waals surface area (Å²) in [4.78, 5) is 19.6. The zero-order valence-electron chi connectivity index (χ0n) is 20.5. The van der Waals surface area contributed by atoms with Crippen molar-refractivity contribution in [2.45, 2.75) is 38.4 Å². The largest absolute Gasteiger partial charge is 0.355 e. The van der Waals surface area contributed by atoms with Crippen molar-refractivity contribution in [2.24, 2.45) is 0 Å². The van der Waals surface area contributed by atoms with E-state index in [1.807, 2.05) is 6.20 Å². The molecule has 5 rings (SSSR count). The van der Waals surface area contributed by atoms with Crippen LogP contribution in [-0.4, -0.2) is 83.4 Å². The molecular weight excluding hydrogens is 410 g/mol. The first-order valence-corrected chi connectivity index (χ1v) is 12.2. The predicted molar refractivity (Wildman–Crippen MR) is 134 cm³/mol. The van der Waals surface area contributed by atoms with Crippen LogP contribution in [0.15, 0.2) is 36.5 Å². The lowest BCUT2D eigenvalue weighted by Gasteiger charge is -2.34. The summed E-state index contributed by atoms with van der Waals surface area (Å²) in [7, 11) is 8.73. The maximum Gasteiger partial charge on any atom is 0.138 e. The van der Waals surface area contributed by atoms with E-state index in [2.05, 4.69) is 82.5 Å². The molecule has 0 saturated carbocycles. The third kappa shape index (κ3) is 4.50. The quantitative estimate of drug-likeness (QED) is 0.579. The number of aryl methyl sites for hydroxylation is 1. The average Bonchev–Trinajstić information content (AvgIpc) is 3.15. The van der Waals surface area contributed by atoms with E-state index in [9.17, 15) is 0 Å². The third-order valence-corrected chi connectivity index (χ3v) is 7.19. The van der Waals surface area contributed by atoms with Crippen molar-refractivity contribution in [3.8, 4) is 0 Å². The summed E-state index contributed by atoms with van der Waals surface area (Å²) >= 11 is 0. The van der Waals surface area contributed by atoms with Crippen LogP contribution in [-0.2, 0) is 19.5 Å². The van der Waals surface area contributed by atoms with Gasteiger partial charge in [-0.1, -0.05) is 12.1 Å². The Morgan fingerprint density at radius 3 is 2.61 bits per heavy atom. The monoisotopic (exact) mass is 447 g/mol. The van der Waals surface area contributed by atoms with Gasteiger partial charge >= 0.3 is 0 Å². The second-order valence-electron chi connectivity index (χ2n) is 9.98. The van der Waals surface area contributed by atoms with E-state index in [0.717, 1.165) is 57.8 Å². The Kier molecular flexibility index (Phi) is 6.36. The summed E-state index contributed by atoms with van der Waals surface area (Å²) in [5.74, 6) is 1.27. The van der Waals surface area contributed by atoms with Crippen LogP contribution in [0.4, 0.5) is 5.82 Å². The Morgan fingerprint density at radius 1 is 1.00 bits per heavy atom. The minimum atomic E-state index is 0.351. The highest BCUT2D eigenvalue weighted by molar-refractivity contribution is 5.55. The number of fused-ring (bicyclic) bond motifs is 2. The number of likely N-dealkylation sites (N-methyl/N-ethyl adjacent to an activating group) is 1. The summed E-state index contributed by atoms with van der Waals surface area (Å²) in [6, 6.07) is 11.2. The summed E-state index contributed by atoms with van der Waals surface area (Å²) in [6.07, 6.45) is 5.46. The van der Waals surface area contributed by atoms with Crippen LogP contribution in [0.5, 0.6) is 0 Å². The first kappa shape index (κ1) is 22.3. The smallest absolute Gasteiger partial charge is 0.138 e. The lowest BCUT2D eigenvalue weighted by molar-refractivity contribution is 0.205. The summed E-state index contributed by atoms with van der Waals surface area (Å²) in [5.41, 5.74) is 6.18. The molecule has 7 heteroatoms. The SMILES string of the molecule is CN(C)Cc1c(CN(C)[C@H]2CCCc3cccnc32)nc2cccc(N3CCN(C)CC3)n12. The van der Waals surface area contributed by atoms with Crippen molar-refractivity contribution in [1.29, 1.82) is 0 Å². The Balaban J connectivity index is 1.50. The van der Waals surface area contributed by atoms with Crippen LogP contribution in [0.2, 0.25) is 0 Å². The highest BCUT2D eigenvalue weighted by Gasteiger charge is 2.27. The molecular formula is C26H37N7. The van der Waals surface area contributed by atoms with Crippen LogP contribution in [0.1, 0.15) is 41.5 Å². The van der Waals surface area contributed by atoms with Crippen molar-refractivity contribution in [3.05, 3.63) is 59.2 Å². The van der Waals surface area contributed by atoms with Gasteiger partial charge in [0, 0.05) is 45.5 Å². The maximum absolute atomic E-state index is 5.16. The molecule has 3 aromatic heterocycles. The van der Waals surface area contributed by atoms with Crippen LogP contribution >= 0.6 is 0 Å². The summed E-state index contributed by atoms with van der Waals surface area (Å²) < 4.78 is 2.40. The highest BCUT2D eigenvalue weighted by atomic mass is 15.3. The van der Waals surface area contributed by atoms with E-state index < -0.39 is 0 Å². The topological polar surface area (TPSA) is 43.2 Å². The van der Waals surface area contributed by atoms with Gasteiger partial charge in [-0.2, -0.15) is 0 Å². The molecule has 33 heavy (non-hydrogen) atoms. The molecule has 1 atom stereocenters. The van der Waals surface area contributed by atoms with Crippen molar-refractivity contribution in [3.63, 3.8) is 0 Å². The van der Waals surface area contributed by atoms with Gasteiger partial charge in [-0.25, -0.2) is 4.98 Å². The van der Waals surface area contributed by atoms with E-state index in [1.165, 1.54) is 34.9 Å². The van der Waals surface area contributed by atoms with E-state index in [-0.39, 0.29) is 0 Å². The number of nitrogens with zero attached hydrogens (tertiary/aromatic N) is 7. The number of hydrogen-bond acceptors (Lipinski definition) is 6. The van der Waals surface area contributed by atoms with E-state index >= 15 is 0 Å². The molecule has 0 radical (unpaired) electrons. The highest BCUT2D eigenvalue weighted by Crippen LogP contribution is 2.33. The molecule has 0 aromatic carbocycles. The molecule has 0 N–H and O–H groups in total. The second kappa shape index (κ2) is 9.41. The zero-order chi connectivity index (χ0) is 22.9. The molecule has 0 bridgehead atoms. The standard InChI is InChI=1S/C26H37N7/c1-29(2)19-23-21(18-31(4)22-10-5-8-20-9-7-13-27-26(20)22)28-24-11-6-12-25(33(23)24)32-16-14-30(3)15-17-32/h6-7,9,11-13,22H,5,8,10,14-19H2,1-4H3/t22-/m0/s1. The average molecular weight is 448 g/mol. The van der Waals surface area contributed by atoms with E-state index in [0.29, 0.717) is 6.04 Å². The first-order valence-electron chi connectivity index (χ1n) is 12.2. The van der Waals surface area contributed by atoms with Crippen molar-refractivity contribution < 1.29 is 0 Å². The number of rotatable bonds is 6. The minimum Gasteiger partial charge on any atom is -0.355 e. The van der Waals surface area contributed by atoms with Crippen molar-refractivity contribution in [1.82, 2.24) is 29.1 Å². The number of aromatic nitrogens is 3. The van der Waals surface area contributed by atoms with Crippen LogP contribution in [0, 0.1) is 0 Å². The van der Waals surface area contributed by atoms with Crippen LogP contribution < -0.4 is 4.90 Å². The van der Waals surface area contributed by atoms with Gasteiger partial charge in [0.05, 0.1) is 23.1 Å². The molecule has 2 aliphatic rings. The number of anilines is 1. The molecule has 7 nitrogen and oxygen atoms in total. The fourth-order valence-corrected chi connectivity index (χ4v) is 5.41. The van der Waals surface area contributed by atoms with Crippen LogP contribution in [0.25, 0.3) is 5.65 Å². The molecule has 4 heterocycles. The fourth-order valence-electron chi connectivity index (χ4n) is 5.41. The Bertz CT molecular complexity index is 1100. The van der Waals surface area contributed by atoms with E-state index in [1.54, 1.807) is 0 Å². The molecule has 1 saturated heterocycles. The van der Waals surface area contributed by atoms with Crippen LogP contribution in [0.3, 0.4) is 0 Å². The van der Waals surface area contributed by atoms with Gasteiger partial charge in [0.2, 0.25) is 0 Å². The predicted octanol–water partition coefficient (Wildman–Crippen LogP) is 3.05. The van der Waals surface area contributed by atoms with Gasteiger partial charge in [-0.05, 0) is 71.2 Å². The summed E-state index contributed by atoms with van der Waals surface area (Å²) in [5, 5.41) is 0. The first-order chi connectivity index (χ1) is 16.0. The van der Waals surface area contributed by atoms with Gasteiger partial charge < -0.3 is 14.7 Å². The molecule has 1 fully saturated rings. The third-order valence-electron chi connectivity index (χ3n) is 7.19. The number of imidazole rings is 1. The lowest BCUT2D eigenvalue weighted by atomic mass is 9.91. The van der Waals surface area contributed by atoms with Gasteiger partial charge in [-0.3, -0.25) is 14.3 Å². The Labute approximate surface area is 197 Å². The normalized spacial score (nSPS) is 19.6. The molecule has 176 valence electrons. The maximum atomic E-state index is 5.16. The number of pyridine rings is 2. The molecule has 3 aromatic rings. The summed E-state index contributed by atoms with van der Waals surface area (Å²) in [6.45, 7) is 5.99. The second-order valence-corrected chi connectivity index (χ2v) is 9.98. The Morgan fingerprint density at radius 2 is 1.82 bits per heavy atom.